The summed E-state index contributed by atoms with van der Waals surface area (Å²) in [7, 11) is -3.11. The van der Waals surface area contributed by atoms with E-state index in [1.165, 1.54) is 11.1 Å². The van der Waals surface area contributed by atoms with Crippen LogP contribution in [0, 0.1) is 6.92 Å². The SMILES string of the molecule is CCN(C(=O)C(=O)Nc1ncccc1C)C1CCS(=O)(=O)C1. The van der Waals surface area contributed by atoms with Crippen LogP contribution in [-0.2, 0) is 19.4 Å². The largest absolute Gasteiger partial charge is 0.331 e. The highest BCUT2D eigenvalue weighted by molar-refractivity contribution is 7.91. The first kappa shape index (κ1) is 16.4. The second-order valence-electron chi connectivity index (χ2n) is 5.27. The first-order valence-corrected chi connectivity index (χ1v) is 8.90. The van der Waals surface area contributed by atoms with Crippen LogP contribution in [0.25, 0.3) is 0 Å². The van der Waals surface area contributed by atoms with Crippen LogP contribution in [0.1, 0.15) is 18.9 Å². The summed E-state index contributed by atoms with van der Waals surface area (Å²) in [6, 6.07) is 3.07. The molecule has 1 aliphatic rings. The summed E-state index contributed by atoms with van der Waals surface area (Å²) in [6.07, 6.45) is 1.89. The van der Waals surface area contributed by atoms with Gasteiger partial charge in [0.25, 0.3) is 0 Å². The number of nitrogens with one attached hydrogen (secondary N) is 1. The molecule has 2 heterocycles. The Labute approximate surface area is 129 Å². The van der Waals surface area contributed by atoms with E-state index < -0.39 is 27.7 Å². The van der Waals surface area contributed by atoms with Gasteiger partial charge >= 0.3 is 11.8 Å². The second kappa shape index (κ2) is 6.43. The van der Waals surface area contributed by atoms with Crippen molar-refractivity contribution in [2.45, 2.75) is 26.3 Å². The van der Waals surface area contributed by atoms with Crippen molar-refractivity contribution in [2.75, 3.05) is 23.4 Å². The van der Waals surface area contributed by atoms with Gasteiger partial charge in [-0.15, -0.1) is 0 Å². The molecule has 1 N–H and O–H groups in total. The number of carbonyl (C=O) groups is 2. The molecule has 7 nitrogen and oxygen atoms in total. The van der Waals surface area contributed by atoms with E-state index in [2.05, 4.69) is 10.3 Å². The molecule has 1 aromatic rings. The van der Waals surface area contributed by atoms with E-state index in [0.29, 0.717) is 12.2 Å². The first-order valence-electron chi connectivity index (χ1n) is 7.08. The Kier molecular flexibility index (Phi) is 4.80. The number of nitrogens with zero attached hydrogens (tertiary/aromatic N) is 2. The topological polar surface area (TPSA) is 96.4 Å². The summed E-state index contributed by atoms with van der Waals surface area (Å²) in [5.74, 6) is -1.22. The van der Waals surface area contributed by atoms with Gasteiger partial charge in [0.15, 0.2) is 9.84 Å². The van der Waals surface area contributed by atoms with Crippen molar-refractivity contribution in [1.29, 1.82) is 0 Å². The fourth-order valence-electron chi connectivity index (χ4n) is 2.50. The Morgan fingerprint density at radius 2 is 2.18 bits per heavy atom. The molecule has 2 amide bonds. The second-order valence-corrected chi connectivity index (χ2v) is 7.50. The lowest BCUT2D eigenvalue weighted by molar-refractivity contribution is -0.144. The van der Waals surface area contributed by atoms with Gasteiger partial charge in [-0.3, -0.25) is 9.59 Å². The van der Waals surface area contributed by atoms with E-state index in [9.17, 15) is 18.0 Å². The summed E-state index contributed by atoms with van der Waals surface area (Å²) < 4.78 is 23.1. The summed E-state index contributed by atoms with van der Waals surface area (Å²) in [5.41, 5.74) is 0.746. The Balaban J connectivity index is 2.08. The molecule has 0 bridgehead atoms. The van der Waals surface area contributed by atoms with Crippen LogP contribution < -0.4 is 5.32 Å². The molecule has 120 valence electrons. The highest BCUT2D eigenvalue weighted by atomic mass is 32.2. The molecule has 0 radical (unpaired) electrons. The van der Waals surface area contributed by atoms with Crippen molar-refractivity contribution >= 4 is 27.5 Å². The lowest BCUT2D eigenvalue weighted by Gasteiger charge is -2.26. The average molecular weight is 325 g/mol. The monoisotopic (exact) mass is 325 g/mol. The first-order chi connectivity index (χ1) is 10.3. The molecule has 1 aliphatic heterocycles. The van der Waals surface area contributed by atoms with Gasteiger partial charge in [0, 0.05) is 18.8 Å². The molecule has 1 fully saturated rings. The molecule has 1 unspecified atom stereocenters. The number of rotatable bonds is 3. The molecule has 0 saturated carbocycles. The molecule has 8 heteroatoms. The van der Waals surface area contributed by atoms with Gasteiger partial charge in [0.05, 0.1) is 11.5 Å². The minimum atomic E-state index is -3.11. The lowest BCUT2D eigenvalue weighted by Crippen LogP contribution is -2.46. The minimum Gasteiger partial charge on any atom is -0.331 e. The van der Waals surface area contributed by atoms with Crippen molar-refractivity contribution < 1.29 is 18.0 Å². The molecule has 0 aromatic carbocycles. The number of sulfone groups is 1. The fourth-order valence-corrected chi connectivity index (χ4v) is 4.23. The third-order valence-electron chi connectivity index (χ3n) is 3.69. The molecule has 22 heavy (non-hydrogen) atoms. The van der Waals surface area contributed by atoms with Crippen molar-refractivity contribution in [1.82, 2.24) is 9.88 Å². The van der Waals surface area contributed by atoms with Crippen LogP contribution in [0.15, 0.2) is 18.3 Å². The summed E-state index contributed by atoms with van der Waals surface area (Å²) in [4.78, 5) is 29.7. The van der Waals surface area contributed by atoms with Crippen molar-refractivity contribution in [3.8, 4) is 0 Å². The van der Waals surface area contributed by atoms with E-state index in [1.54, 1.807) is 26.0 Å². The molecular weight excluding hydrogens is 306 g/mol. The van der Waals surface area contributed by atoms with Gasteiger partial charge in [0.1, 0.15) is 5.82 Å². The third-order valence-corrected chi connectivity index (χ3v) is 5.44. The zero-order valence-electron chi connectivity index (χ0n) is 12.6. The van der Waals surface area contributed by atoms with Crippen LogP contribution in [0.4, 0.5) is 5.82 Å². The van der Waals surface area contributed by atoms with Crippen molar-refractivity contribution in [3.63, 3.8) is 0 Å². The number of likely N-dealkylation sites (N-methyl/N-ethyl adjacent to an activating group) is 1. The number of amides is 2. The highest BCUT2D eigenvalue weighted by Crippen LogP contribution is 2.18. The Hall–Kier alpha value is -1.96. The normalized spacial score (nSPS) is 19.6. The number of anilines is 1. The number of pyridine rings is 1. The van der Waals surface area contributed by atoms with Crippen LogP contribution in [0.2, 0.25) is 0 Å². The van der Waals surface area contributed by atoms with Gasteiger partial charge in [0.2, 0.25) is 0 Å². The van der Waals surface area contributed by atoms with Crippen molar-refractivity contribution in [3.05, 3.63) is 23.9 Å². The third kappa shape index (κ3) is 3.62. The van der Waals surface area contributed by atoms with Gasteiger partial charge in [-0.2, -0.15) is 0 Å². The Bertz CT molecular complexity index is 687. The Morgan fingerprint density at radius 1 is 1.45 bits per heavy atom. The predicted molar refractivity (Wildman–Crippen MR) is 82.0 cm³/mol. The van der Waals surface area contributed by atoms with E-state index in [4.69, 9.17) is 0 Å². The zero-order valence-corrected chi connectivity index (χ0v) is 13.4. The number of aromatic nitrogens is 1. The molecule has 1 saturated heterocycles. The maximum atomic E-state index is 12.3. The van der Waals surface area contributed by atoms with Crippen LogP contribution in [0.5, 0.6) is 0 Å². The molecule has 1 aromatic heterocycles. The number of carbonyl (C=O) groups excluding carboxylic acids is 2. The summed E-state index contributed by atoms with van der Waals surface area (Å²) in [6.45, 7) is 3.78. The van der Waals surface area contributed by atoms with Crippen LogP contribution >= 0.6 is 0 Å². The van der Waals surface area contributed by atoms with E-state index >= 15 is 0 Å². The molecule has 1 atom stereocenters. The lowest BCUT2D eigenvalue weighted by atomic mass is 10.2. The zero-order chi connectivity index (χ0) is 16.3. The standard InChI is InChI=1S/C14H19N3O4S/c1-3-17(11-6-8-22(20,21)9-11)14(19)13(18)16-12-10(2)5-4-7-15-12/h4-5,7,11H,3,6,8-9H2,1-2H3,(H,15,16,18). The van der Waals surface area contributed by atoms with Crippen molar-refractivity contribution in [2.24, 2.45) is 0 Å². The summed E-state index contributed by atoms with van der Waals surface area (Å²) >= 11 is 0. The number of hydrogen-bond acceptors (Lipinski definition) is 5. The fraction of sp³-hybridized carbons (Fsp3) is 0.500. The van der Waals surface area contributed by atoms with Crippen LogP contribution in [0.3, 0.4) is 0 Å². The average Bonchev–Trinajstić information content (AvgIpc) is 2.82. The highest BCUT2D eigenvalue weighted by Gasteiger charge is 2.36. The quantitative estimate of drug-likeness (QED) is 0.810. The van der Waals surface area contributed by atoms with Gasteiger partial charge in [-0.25, -0.2) is 13.4 Å². The maximum Gasteiger partial charge on any atom is 0.315 e. The molecule has 0 spiro atoms. The number of hydrogen-bond donors (Lipinski definition) is 1. The van der Waals surface area contributed by atoms with E-state index in [1.807, 2.05) is 0 Å². The van der Waals surface area contributed by atoms with Gasteiger partial charge < -0.3 is 10.2 Å². The molecule has 0 aliphatic carbocycles. The number of aryl methyl sites for hydroxylation is 1. The smallest absolute Gasteiger partial charge is 0.315 e. The minimum absolute atomic E-state index is 0.0580. The predicted octanol–water partition coefficient (Wildman–Crippen LogP) is 0.364. The van der Waals surface area contributed by atoms with Gasteiger partial charge in [-0.05, 0) is 31.9 Å². The van der Waals surface area contributed by atoms with E-state index in [0.717, 1.165) is 5.56 Å². The summed E-state index contributed by atoms with van der Waals surface area (Å²) in [5, 5.41) is 2.48. The van der Waals surface area contributed by atoms with Crippen LogP contribution in [-0.4, -0.2) is 54.2 Å². The maximum absolute atomic E-state index is 12.3. The molecular formula is C14H19N3O4S. The van der Waals surface area contributed by atoms with E-state index in [-0.39, 0.29) is 18.1 Å². The van der Waals surface area contributed by atoms with Gasteiger partial charge in [-0.1, -0.05) is 6.07 Å². The molecule has 2 rings (SSSR count). The Morgan fingerprint density at radius 3 is 2.73 bits per heavy atom.